The Kier molecular flexibility index (Phi) is 11.9. The Morgan fingerprint density at radius 3 is 2.32 bits per heavy atom. The minimum atomic E-state index is -0.866. The third kappa shape index (κ3) is 10.3. The molecule has 1 atom stereocenters. The van der Waals surface area contributed by atoms with E-state index in [1.165, 1.54) is 6.20 Å². The van der Waals surface area contributed by atoms with Gasteiger partial charge in [0.05, 0.1) is 17.3 Å². The molecule has 1 aromatic heterocycles. The molecule has 1 aliphatic rings. The normalized spacial score (nSPS) is 15.4. The fourth-order valence-electron chi connectivity index (χ4n) is 4.81. The Labute approximate surface area is 240 Å². The zero-order valence-electron chi connectivity index (χ0n) is 24.4. The third-order valence-electron chi connectivity index (χ3n) is 6.87. The molecule has 2 aromatic rings. The number of piperidine rings is 1. The molecule has 1 fully saturated rings. The molecule has 1 saturated heterocycles. The van der Waals surface area contributed by atoms with Gasteiger partial charge in [-0.3, -0.25) is 24.5 Å². The van der Waals surface area contributed by atoms with Gasteiger partial charge < -0.3 is 15.4 Å². The van der Waals surface area contributed by atoms with Crippen LogP contribution in [0.1, 0.15) is 104 Å². The summed E-state index contributed by atoms with van der Waals surface area (Å²) >= 11 is 0. The standard InChI is InChI=1S/C30H43N5O6/c1-30(2,3)41-29(40)31-19-12-10-8-6-4-5-7-9-11-16-24(36)33-22-15-13-14-21-20-32-35(28(39)26(21)22)23-17-18-25(37)34-27(23)38/h13-15,20,23H,4-12,16-19H2,1-3H3,(H,31,40)(H,33,36)(H,34,37,38). The van der Waals surface area contributed by atoms with Crippen LogP contribution in [0.25, 0.3) is 10.8 Å². The van der Waals surface area contributed by atoms with Crippen LogP contribution in [0.4, 0.5) is 10.5 Å². The number of anilines is 1. The van der Waals surface area contributed by atoms with Crippen LogP contribution in [0.3, 0.4) is 0 Å². The van der Waals surface area contributed by atoms with Gasteiger partial charge in [-0.2, -0.15) is 5.10 Å². The van der Waals surface area contributed by atoms with Crippen molar-refractivity contribution < 1.29 is 23.9 Å². The monoisotopic (exact) mass is 569 g/mol. The number of ether oxygens (including phenoxy) is 1. The Bertz CT molecular complexity index is 1280. The largest absolute Gasteiger partial charge is 0.444 e. The molecule has 11 heteroatoms. The van der Waals surface area contributed by atoms with Crippen molar-refractivity contribution in [3.8, 4) is 0 Å². The van der Waals surface area contributed by atoms with Gasteiger partial charge in [-0.15, -0.1) is 0 Å². The minimum absolute atomic E-state index is 0.135. The van der Waals surface area contributed by atoms with Crippen molar-refractivity contribution >= 4 is 40.3 Å². The van der Waals surface area contributed by atoms with E-state index in [-0.39, 0.29) is 30.7 Å². The number of carbonyl (C=O) groups excluding carboxylic acids is 4. The van der Waals surface area contributed by atoms with E-state index in [0.29, 0.717) is 29.4 Å². The van der Waals surface area contributed by atoms with E-state index in [1.54, 1.807) is 18.2 Å². The van der Waals surface area contributed by atoms with Gasteiger partial charge in [0.1, 0.15) is 11.6 Å². The molecule has 3 N–H and O–H groups in total. The van der Waals surface area contributed by atoms with Gasteiger partial charge in [0.15, 0.2) is 0 Å². The first kappa shape index (κ1) is 31.8. The molecule has 41 heavy (non-hydrogen) atoms. The second-order valence-electron chi connectivity index (χ2n) is 11.5. The highest BCUT2D eigenvalue weighted by molar-refractivity contribution is 6.02. The third-order valence-corrected chi connectivity index (χ3v) is 6.87. The first-order chi connectivity index (χ1) is 19.5. The number of imide groups is 1. The Morgan fingerprint density at radius 2 is 1.66 bits per heavy atom. The van der Waals surface area contributed by atoms with E-state index in [4.69, 9.17) is 4.74 Å². The summed E-state index contributed by atoms with van der Waals surface area (Å²) in [6.07, 6.45) is 11.1. The van der Waals surface area contributed by atoms with Crippen LogP contribution >= 0.6 is 0 Å². The lowest BCUT2D eigenvalue weighted by Gasteiger charge is -2.22. The molecule has 1 unspecified atom stereocenters. The lowest BCUT2D eigenvalue weighted by molar-refractivity contribution is -0.136. The SMILES string of the molecule is CC(C)(C)OC(=O)NCCCCCCCCCCCC(=O)Nc1cccc2cnn(C3CCC(=O)NC3=O)c(=O)c12. The van der Waals surface area contributed by atoms with Crippen molar-refractivity contribution in [2.45, 2.75) is 109 Å². The van der Waals surface area contributed by atoms with Crippen LogP contribution in [-0.2, 0) is 19.1 Å². The maximum atomic E-state index is 13.3. The van der Waals surface area contributed by atoms with E-state index in [9.17, 15) is 24.0 Å². The molecule has 0 radical (unpaired) electrons. The molecular formula is C30H43N5O6. The van der Waals surface area contributed by atoms with Gasteiger partial charge in [-0.1, -0.05) is 57.1 Å². The average Bonchev–Trinajstić information content (AvgIpc) is 2.89. The number of amides is 4. The predicted molar refractivity (Wildman–Crippen MR) is 156 cm³/mol. The van der Waals surface area contributed by atoms with E-state index < -0.39 is 23.1 Å². The zero-order chi connectivity index (χ0) is 29.8. The molecule has 0 saturated carbocycles. The van der Waals surface area contributed by atoms with Crippen molar-refractivity contribution in [2.24, 2.45) is 0 Å². The number of hydrogen-bond donors (Lipinski definition) is 3. The predicted octanol–water partition coefficient (Wildman–Crippen LogP) is 4.74. The lowest BCUT2D eigenvalue weighted by Crippen LogP contribution is -2.45. The second-order valence-corrected chi connectivity index (χ2v) is 11.5. The van der Waals surface area contributed by atoms with Crippen LogP contribution < -0.4 is 21.5 Å². The number of rotatable bonds is 14. The molecule has 1 aliphatic heterocycles. The Morgan fingerprint density at radius 1 is 1.00 bits per heavy atom. The lowest BCUT2D eigenvalue weighted by atomic mass is 10.1. The van der Waals surface area contributed by atoms with Crippen LogP contribution in [0.5, 0.6) is 0 Å². The van der Waals surface area contributed by atoms with Gasteiger partial charge in [-0.05, 0) is 46.1 Å². The van der Waals surface area contributed by atoms with Gasteiger partial charge in [0.2, 0.25) is 11.8 Å². The smallest absolute Gasteiger partial charge is 0.407 e. The summed E-state index contributed by atoms with van der Waals surface area (Å²) in [5, 5.41) is 12.9. The highest BCUT2D eigenvalue weighted by atomic mass is 16.6. The van der Waals surface area contributed by atoms with Crippen LogP contribution in [0.2, 0.25) is 0 Å². The zero-order valence-corrected chi connectivity index (χ0v) is 24.4. The quantitative estimate of drug-likeness (QED) is 0.220. The topological polar surface area (TPSA) is 148 Å². The van der Waals surface area contributed by atoms with Crippen molar-refractivity contribution in [3.63, 3.8) is 0 Å². The average molecular weight is 570 g/mol. The van der Waals surface area contributed by atoms with Gasteiger partial charge in [0, 0.05) is 24.8 Å². The number of unbranched alkanes of at least 4 members (excludes halogenated alkanes) is 8. The van der Waals surface area contributed by atoms with Gasteiger partial charge in [0.25, 0.3) is 11.5 Å². The highest BCUT2D eigenvalue weighted by Gasteiger charge is 2.30. The molecule has 2 heterocycles. The molecule has 4 amide bonds. The first-order valence-electron chi connectivity index (χ1n) is 14.7. The maximum Gasteiger partial charge on any atom is 0.407 e. The number of hydrogen-bond acceptors (Lipinski definition) is 7. The van der Waals surface area contributed by atoms with E-state index in [0.717, 1.165) is 62.5 Å². The minimum Gasteiger partial charge on any atom is -0.444 e. The summed E-state index contributed by atoms with van der Waals surface area (Å²) in [6, 6.07) is 4.28. The molecule has 0 bridgehead atoms. The number of fused-ring (bicyclic) bond motifs is 1. The number of nitrogens with one attached hydrogen (secondary N) is 3. The maximum absolute atomic E-state index is 13.3. The number of nitrogens with zero attached hydrogens (tertiary/aromatic N) is 2. The molecule has 3 rings (SSSR count). The molecule has 224 valence electrons. The summed E-state index contributed by atoms with van der Waals surface area (Å²) in [5.41, 5.74) is -0.566. The molecule has 1 aromatic carbocycles. The van der Waals surface area contributed by atoms with E-state index in [2.05, 4.69) is 21.0 Å². The van der Waals surface area contributed by atoms with Crippen LogP contribution in [-0.4, -0.2) is 45.7 Å². The number of alkyl carbamates (subject to hydrolysis) is 1. The second kappa shape index (κ2) is 15.3. The number of aromatic nitrogens is 2. The summed E-state index contributed by atoms with van der Waals surface area (Å²) < 4.78 is 6.31. The fraction of sp³-hybridized carbons (Fsp3) is 0.600. The molecule has 11 nitrogen and oxygen atoms in total. The van der Waals surface area contributed by atoms with Crippen molar-refractivity contribution in [1.82, 2.24) is 20.4 Å². The van der Waals surface area contributed by atoms with Gasteiger partial charge in [-0.25, -0.2) is 9.48 Å². The number of carbonyl (C=O) groups is 4. The summed E-state index contributed by atoms with van der Waals surface area (Å²) in [5.74, 6) is -1.08. The molecule has 0 aliphatic carbocycles. The van der Waals surface area contributed by atoms with Crippen molar-refractivity contribution in [3.05, 3.63) is 34.7 Å². The number of benzene rings is 1. The van der Waals surface area contributed by atoms with Gasteiger partial charge >= 0.3 is 6.09 Å². The van der Waals surface area contributed by atoms with Crippen molar-refractivity contribution in [2.75, 3.05) is 11.9 Å². The fourth-order valence-corrected chi connectivity index (χ4v) is 4.81. The summed E-state index contributed by atoms with van der Waals surface area (Å²) in [7, 11) is 0. The Hall–Kier alpha value is -3.76. The first-order valence-corrected chi connectivity index (χ1v) is 14.7. The van der Waals surface area contributed by atoms with Crippen LogP contribution in [0, 0.1) is 0 Å². The Balaban J connectivity index is 1.33. The van der Waals surface area contributed by atoms with Crippen molar-refractivity contribution in [1.29, 1.82) is 0 Å². The summed E-state index contributed by atoms with van der Waals surface area (Å²) in [6.45, 7) is 6.16. The van der Waals surface area contributed by atoms with Crippen LogP contribution in [0.15, 0.2) is 29.2 Å². The van der Waals surface area contributed by atoms with E-state index in [1.807, 2.05) is 20.8 Å². The highest BCUT2D eigenvalue weighted by Crippen LogP contribution is 2.22. The molecule has 0 spiro atoms. The summed E-state index contributed by atoms with van der Waals surface area (Å²) in [4.78, 5) is 61.3. The molecular weight excluding hydrogens is 526 g/mol. The van der Waals surface area contributed by atoms with E-state index >= 15 is 0 Å².